The van der Waals surface area contributed by atoms with Gasteiger partial charge in [0.05, 0.1) is 11.3 Å². The van der Waals surface area contributed by atoms with Crippen LogP contribution in [0.25, 0.3) is 0 Å². The van der Waals surface area contributed by atoms with Crippen LogP contribution in [0.5, 0.6) is 0 Å². The summed E-state index contributed by atoms with van der Waals surface area (Å²) in [6.45, 7) is 1.58. The average molecular weight is 263 g/mol. The van der Waals surface area contributed by atoms with E-state index in [0.29, 0.717) is 5.56 Å². The fourth-order valence-corrected chi connectivity index (χ4v) is 2.29. The highest BCUT2D eigenvalue weighted by Crippen LogP contribution is 2.23. The van der Waals surface area contributed by atoms with Gasteiger partial charge < -0.3 is 10.6 Å². The minimum absolute atomic E-state index is 0.0266. The maximum atomic E-state index is 12.1. The Hall–Kier alpha value is -2.11. The highest BCUT2D eigenvalue weighted by Gasteiger charge is 2.18. The van der Waals surface area contributed by atoms with Gasteiger partial charge in [-0.1, -0.05) is 6.07 Å². The van der Waals surface area contributed by atoms with Gasteiger partial charge in [-0.05, 0) is 30.9 Å². The van der Waals surface area contributed by atoms with E-state index in [1.54, 1.807) is 6.07 Å². The third kappa shape index (κ3) is 3.21. The summed E-state index contributed by atoms with van der Waals surface area (Å²) in [6, 6.07) is 4.54. The number of carbonyl (C=O) groups excluding carboxylic acids is 1. The van der Waals surface area contributed by atoms with E-state index in [0.717, 1.165) is 32.4 Å². The molecule has 1 fully saturated rings. The summed E-state index contributed by atoms with van der Waals surface area (Å²) in [5.74, 6) is 0.0266. The van der Waals surface area contributed by atoms with Crippen molar-refractivity contribution < 1.29 is 9.72 Å². The highest BCUT2D eigenvalue weighted by atomic mass is 16.6. The number of nitrogen functional groups attached to an aromatic ring is 1. The molecule has 2 N–H and O–H groups in total. The summed E-state index contributed by atoms with van der Waals surface area (Å²) in [6.07, 6.45) is 3.43. The largest absolute Gasteiger partial charge is 0.393 e. The summed E-state index contributed by atoms with van der Waals surface area (Å²) >= 11 is 0. The molecule has 2 rings (SSSR count). The van der Waals surface area contributed by atoms with Crippen molar-refractivity contribution in [3.63, 3.8) is 0 Å². The van der Waals surface area contributed by atoms with Crippen molar-refractivity contribution in [2.45, 2.75) is 25.7 Å². The Bertz CT molecular complexity index is 496. The zero-order valence-electron chi connectivity index (χ0n) is 10.7. The molecule has 0 saturated carbocycles. The van der Waals surface area contributed by atoms with Crippen molar-refractivity contribution in [3.05, 3.63) is 33.9 Å². The van der Waals surface area contributed by atoms with Gasteiger partial charge in [-0.3, -0.25) is 14.9 Å². The zero-order chi connectivity index (χ0) is 13.8. The van der Waals surface area contributed by atoms with E-state index in [2.05, 4.69) is 0 Å². The minimum Gasteiger partial charge on any atom is -0.393 e. The van der Waals surface area contributed by atoms with Gasteiger partial charge in [0.15, 0.2) is 0 Å². The molecule has 1 amide bonds. The second kappa shape index (κ2) is 5.69. The molecule has 0 aromatic heterocycles. The third-order valence-corrected chi connectivity index (χ3v) is 3.36. The number of carbonyl (C=O) groups is 1. The molecule has 1 aliphatic heterocycles. The van der Waals surface area contributed by atoms with E-state index in [-0.39, 0.29) is 23.7 Å². The summed E-state index contributed by atoms with van der Waals surface area (Å²) in [4.78, 5) is 24.2. The molecular weight excluding hydrogens is 246 g/mol. The maximum absolute atomic E-state index is 12.1. The van der Waals surface area contributed by atoms with Crippen LogP contribution in [0.2, 0.25) is 0 Å². The quantitative estimate of drug-likeness (QED) is 0.511. The number of nitrogens with zero attached hydrogens (tertiary/aromatic N) is 2. The molecule has 1 aromatic carbocycles. The van der Waals surface area contributed by atoms with Crippen LogP contribution < -0.4 is 5.73 Å². The number of amides is 1. The zero-order valence-corrected chi connectivity index (χ0v) is 10.7. The van der Waals surface area contributed by atoms with Crippen molar-refractivity contribution in [1.29, 1.82) is 0 Å². The van der Waals surface area contributed by atoms with E-state index in [1.165, 1.54) is 12.1 Å². The fraction of sp³-hybridized carbons (Fsp3) is 0.462. The lowest BCUT2D eigenvalue weighted by Crippen LogP contribution is -2.36. The molecule has 1 saturated heterocycles. The number of rotatable bonds is 3. The number of nitro benzene ring substituents is 1. The summed E-state index contributed by atoms with van der Waals surface area (Å²) in [7, 11) is 0. The van der Waals surface area contributed by atoms with Gasteiger partial charge in [0, 0.05) is 19.2 Å². The lowest BCUT2D eigenvalue weighted by atomic mass is 10.1. The first-order chi connectivity index (χ1) is 9.08. The molecule has 0 atom stereocenters. The standard InChI is InChI=1S/C13H17N3O3/c14-11-5-4-10(8-12(11)16(18)19)9-13(17)15-6-2-1-3-7-15/h4-5,8H,1-3,6-7,9,14H2. The van der Waals surface area contributed by atoms with E-state index in [4.69, 9.17) is 5.73 Å². The van der Waals surface area contributed by atoms with E-state index in [9.17, 15) is 14.9 Å². The van der Waals surface area contributed by atoms with Crippen molar-refractivity contribution in [3.8, 4) is 0 Å². The summed E-state index contributed by atoms with van der Waals surface area (Å²) < 4.78 is 0. The van der Waals surface area contributed by atoms with Crippen LogP contribution in [0.15, 0.2) is 18.2 Å². The number of piperidine rings is 1. The Morgan fingerprint density at radius 2 is 2.00 bits per heavy atom. The monoisotopic (exact) mass is 263 g/mol. The lowest BCUT2D eigenvalue weighted by molar-refractivity contribution is -0.383. The molecule has 102 valence electrons. The number of nitrogens with two attached hydrogens (primary N) is 1. The van der Waals surface area contributed by atoms with Crippen LogP contribution in [0.1, 0.15) is 24.8 Å². The normalized spacial score (nSPS) is 15.3. The maximum Gasteiger partial charge on any atom is 0.292 e. The molecule has 0 spiro atoms. The molecule has 0 unspecified atom stereocenters. The fourth-order valence-electron chi connectivity index (χ4n) is 2.29. The molecule has 1 aliphatic rings. The van der Waals surface area contributed by atoms with Crippen molar-refractivity contribution in [2.24, 2.45) is 0 Å². The van der Waals surface area contributed by atoms with Gasteiger partial charge in [-0.15, -0.1) is 0 Å². The highest BCUT2D eigenvalue weighted by molar-refractivity contribution is 5.79. The Labute approximate surface area is 111 Å². The van der Waals surface area contributed by atoms with Gasteiger partial charge >= 0.3 is 0 Å². The predicted molar refractivity (Wildman–Crippen MR) is 71.6 cm³/mol. The second-order valence-corrected chi connectivity index (χ2v) is 4.77. The van der Waals surface area contributed by atoms with Crippen LogP contribution in [0.4, 0.5) is 11.4 Å². The molecule has 0 bridgehead atoms. The van der Waals surface area contributed by atoms with E-state index in [1.807, 2.05) is 4.90 Å². The summed E-state index contributed by atoms with van der Waals surface area (Å²) in [5.41, 5.74) is 6.15. The van der Waals surface area contributed by atoms with Gasteiger partial charge in [0.25, 0.3) is 5.69 Å². The third-order valence-electron chi connectivity index (χ3n) is 3.36. The van der Waals surface area contributed by atoms with Crippen LogP contribution >= 0.6 is 0 Å². The van der Waals surface area contributed by atoms with Crippen LogP contribution in [-0.4, -0.2) is 28.8 Å². The van der Waals surface area contributed by atoms with E-state index >= 15 is 0 Å². The summed E-state index contributed by atoms with van der Waals surface area (Å²) in [5, 5.41) is 10.8. The molecule has 19 heavy (non-hydrogen) atoms. The predicted octanol–water partition coefficient (Wildman–Crippen LogP) is 1.73. The Morgan fingerprint density at radius 3 is 2.63 bits per heavy atom. The van der Waals surface area contributed by atoms with Gasteiger partial charge in [-0.2, -0.15) is 0 Å². The number of nitro groups is 1. The molecular formula is C13H17N3O3. The first-order valence-corrected chi connectivity index (χ1v) is 6.38. The van der Waals surface area contributed by atoms with E-state index < -0.39 is 4.92 Å². The van der Waals surface area contributed by atoms with Gasteiger partial charge in [0.1, 0.15) is 5.69 Å². The molecule has 0 radical (unpaired) electrons. The first kappa shape index (κ1) is 13.3. The lowest BCUT2D eigenvalue weighted by Gasteiger charge is -2.26. The Kier molecular flexibility index (Phi) is 3.99. The van der Waals surface area contributed by atoms with Crippen molar-refractivity contribution >= 4 is 17.3 Å². The van der Waals surface area contributed by atoms with Crippen LogP contribution in [0.3, 0.4) is 0 Å². The molecule has 0 aliphatic carbocycles. The number of hydrogen-bond acceptors (Lipinski definition) is 4. The van der Waals surface area contributed by atoms with Gasteiger partial charge in [-0.25, -0.2) is 0 Å². The SMILES string of the molecule is Nc1ccc(CC(=O)N2CCCCC2)cc1[N+](=O)[O-]. The molecule has 6 heteroatoms. The van der Waals surface area contributed by atoms with Gasteiger partial charge in [0.2, 0.25) is 5.91 Å². The van der Waals surface area contributed by atoms with Crippen molar-refractivity contribution in [1.82, 2.24) is 4.90 Å². The molecule has 6 nitrogen and oxygen atoms in total. The molecule has 1 heterocycles. The number of likely N-dealkylation sites (tertiary alicyclic amines) is 1. The topological polar surface area (TPSA) is 89.5 Å². The van der Waals surface area contributed by atoms with Crippen molar-refractivity contribution in [2.75, 3.05) is 18.8 Å². The Balaban J connectivity index is 2.08. The number of benzene rings is 1. The average Bonchev–Trinajstić information content (AvgIpc) is 2.41. The smallest absolute Gasteiger partial charge is 0.292 e. The van der Waals surface area contributed by atoms with Crippen LogP contribution in [-0.2, 0) is 11.2 Å². The minimum atomic E-state index is -0.524. The van der Waals surface area contributed by atoms with Crippen LogP contribution in [0, 0.1) is 10.1 Å². The number of anilines is 1. The number of hydrogen-bond donors (Lipinski definition) is 1. The molecule has 1 aromatic rings. The Morgan fingerprint density at radius 1 is 1.32 bits per heavy atom. The second-order valence-electron chi connectivity index (χ2n) is 4.77. The first-order valence-electron chi connectivity index (χ1n) is 6.38.